The molecule has 0 aromatic carbocycles. The molecule has 3 fully saturated rings. The molecule has 0 radical (unpaired) electrons. The number of ether oxygens (including phenoxy) is 1. The normalized spacial score (nSPS) is 58.5. The van der Waals surface area contributed by atoms with Gasteiger partial charge in [0, 0.05) is 6.04 Å². The molecule has 4 N–H and O–H groups in total. The van der Waals surface area contributed by atoms with E-state index < -0.39 is 23.9 Å². The first-order valence-electron chi connectivity index (χ1n) is 9.57. The molecular weight excluding hydrogens is 302 g/mol. The lowest BCUT2D eigenvalue weighted by Crippen LogP contribution is -2.61. The first kappa shape index (κ1) is 15.6. The van der Waals surface area contributed by atoms with Crippen molar-refractivity contribution in [2.24, 2.45) is 23.0 Å². The highest BCUT2D eigenvalue weighted by Crippen LogP contribution is 2.67. The van der Waals surface area contributed by atoms with E-state index in [1.54, 1.807) is 0 Å². The van der Waals surface area contributed by atoms with Crippen molar-refractivity contribution in [3.63, 3.8) is 0 Å². The maximum atomic E-state index is 10.6. The lowest BCUT2D eigenvalue weighted by atomic mass is 9.59. The third-order valence-electron chi connectivity index (χ3n) is 8.38. The molecule has 2 bridgehead atoms. The van der Waals surface area contributed by atoms with Crippen molar-refractivity contribution >= 4 is 0 Å². The number of hydrogen-bond donors (Lipinski definition) is 3. The molecule has 2 saturated carbocycles. The summed E-state index contributed by atoms with van der Waals surface area (Å²) in [5.41, 5.74) is 7.93. The molecule has 5 rings (SSSR count). The summed E-state index contributed by atoms with van der Waals surface area (Å²) in [7, 11) is 0. The van der Waals surface area contributed by atoms with E-state index in [0.717, 1.165) is 30.8 Å². The van der Waals surface area contributed by atoms with Gasteiger partial charge in [-0.1, -0.05) is 26.0 Å². The van der Waals surface area contributed by atoms with Crippen molar-refractivity contribution in [1.29, 1.82) is 0 Å². The fraction of sp³-hybridized carbons (Fsp3) is 0.800. The van der Waals surface area contributed by atoms with Crippen LogP contribution < -0.4 is 5.73 Å². The summed E-state index contributed by atoms with van der Waals surface area (Å²) in [6.07, 6.45) is 8.87. The van der Waals surface area contributed by atoms with E-state index >= 15 is 0 Å². The maximum absolute atomic E-state index is 10.6. The second-order valence-electron chi connectivity index (χ2n) is 9.29. The standard InChI is InChI=1S/C20H29NO3/c1-11-3-4-15-18(11,2)6-5-12-9-13-16(22)17(23)14(21)10-19(13)7-8-20(12,15)24-19/h5,9,11,14-17,22-23H,3-4,6-8,10,21H2,1-2H3/t11-,14-,15+,16+,17+,18+,19+,20+/m0/s1. The van der Waals surface area contributed by atoms with Gasteiger partial charge in [-0.25, -0.2) is 0 Å². The number of rotatable bonds is 0. The Labute approximate surface area is 143 Å². The molecule has 1 saturated heterocycles. The molecule has 5 aliphatic rings. The predicted molar refractivity (Wildman–Crippen MR) is 91.2 cm³/mol. The largest absolute Gasteiger partial charge is 0.388 e. The summed E-state index contributed by atoms with van der Waals surface area (Å²) in [6, 6.07) is -0.421. The molecule has 8 atom stereocenters. The Hall–Kier alpha value is -0.680. The first-order chi connectivity index (χ1) is 11.3. The highest BCUT2D eigenvalue weighted by molar-refractivity contribution is 5.49. The first-order valence-corrected chi connectivity index (χ1v) is 9.57. The van der Waals surface area contributed by atoms with Crippen molar-refractivity contribution in [1.82, 2.24) is 0 Å². The molecule has 132 valence electrons. The lowest BCUT2D eigenvalue weighted by Gasteiger charge is -2.55. The molecule has 3 aliphatic carbocycles. The van der Waals surface area contributed by atoms with Crippen LogP contribution in [0.15, 0.2) is 23.3 Å². The van der Waals surface area contributed by atoms with E-state index in [1.165, 1.54) is 18.4 Å². The van der Waals surface area contributed by atoms with Gasteiger partial charge >= 0.3 is 0 Å². The van der Waals surface area contributed by atoms with E-state index in [1.807, 2.05) is 0 Å². The molecule has 4 heteroatoms. The van der Waals surface area contributed by atoms with E-state index in [9.17, 15) is 10.2 Å². The molecule has 0 aromatic rings. The minimum absolute atomic E-state index is 0.191. The van der Waals surface area contributed by atoms with E-state index in [-0.39, 0.29) is 5.60 Å². The summed E-state index contributed by atoms with van der Waals surface area (Å²) in [6.45, 7) is 4.83. The Kier molecular flexibility index (Phi) is 2.94. The number of nitrogens with two attached hydrogens (primary N) is 1. The van der Waals surface area contributed by atoms with Gasteiger partial charge in [-0.2, -0.15) is 0 Å². The fourth-order valence-electron chi connectivity index (χ4n) is 6.74. The van der Waals surface area contributed by atoms with Gasteiger partial charge in [-0.05, 0) is 66.9 Å². The highest BCUT2D eigenvalue weighted by Gasteiger charge is 2.67. The van der Waals surface area contributed by atoms with Crippen LogP contribution in [0.4, 0.5) is 0 Å². The van der Waals surface area contributed by atoms with Crippen molar-refractivity contribution < 1.29 is 14.9 Å². The second kappa shape index (κ2) is 4.53. The molecule has 0 amide bonds. The smallest absolute Gasteiger partial charge is 0.105 e. The summed E-state index contributed by atoms with van der Waals surface area (Å²) >= 11 is 0. The summed E-state index contributed by atoms with van der Waals surface area (Å²) in [5.74, 6) is 1.28. The molecule has 0 unspecified atom stereocenters. The second-order valence-corrected chi connectivity index (χ2v) is 9.29. The third-order valence-corrected chi connectivity index (χ3v) is 8.38. The Morgan fingerprint density at radius 1 is 1.25 bits per heavy atom. The molecule has 2 aliphatic heterocycles. The van der Waals surface area contributed by atoms with Gasteiger partial charge in [-0.3, -0.25) is 0 Å². The summed E-state index contributed by atoms with van der Waals surface area (Å²) in [4.78, 5) is 0. The number of hydrogen-bond acceptors (Lipinski definition) is 4. The van der Waals surface area contributed by atoms with Crippen molar-refractivity contribution in [3.05, 3.63) is 23.3 Å². The average Bonchev–Trinajstić information content (AvgIpc) is 3.02. The quantitative estimate of drug-likeness (QED) is 0.635. The molecule has 2 spiro atoms. The SMILES string of the molecule is C[C@H]1CC[C@@H]2[C@]1(C)CC=C1C=C3[C@@H](O)[C@H](O)[C@@H](N)C[C@]34CC[C@@]12O4. The number of aliphatic hydroxyl groups is 2. The van der Waals surface area contributed by atoms with Crippen molar-refractivity contribution in [2.45, 2.75) is 81.8 Å². The van der Waals surface area contributed by atoms with Crippen LogP contribution >= 0.6 is 0 Å². The molecular formula is C20H29NO3. The van der Waals surface area contributed by atoms with Gasteiger partial charge in [-0.15, -0.1) is 0 Å². The van der Waals surface area contributed by atoms with Gasteiger partial charge in [0.1, 0.15) is 6.10 Å². The zero-order chi connectivity index (χ0) is 16.9. The van der Waals surface area contributed by atoms with E-state index in [0.29, 0.717) is 17.8 Å². The van der Waals surface area contributed by atoms with Gasteiger partial charge in [0.25, 0.3) is 0 Å². The van der Waals surface area contributed by atoms with Gasteiger partial charge in [0.15, 0.2) is 0 Å². The van der Waals surface area contributed by atoms with E-state index in [2.05, 4.69) is 26.0 Å². The van der Waals surface area contributed by atoms with Gasteiger partial charge in [0.05, 0.1) is 17.3 Å². The summed E-state index contributed by atoms with van der Waals surface area (Å²) in [5, 5.41) is 20.9. The van der Waals surface area contributed by atoms with Crippen LogP contribution in [0.2, 0.25) is 0 Å². The molecule has 0 aromatic heterocycles. The van der Waals surface area contributed by atoms with Gasteiger partial charge in [0.2, 0.25) is 0 Å². The minimum Gasteiger partial charge on any atom is -0.388 e. The Balaban J connectivity index is 1.65. The zero-order valence-electron chi connectivity index (χ0n) is 14.7. The summed E-state index contributed by atoms with van der Waals surface area (Å²) < 4.78 is 6.91. The van der Waals surface area contributed by atoms with Gasteiger partial charge < -0.3 is 20.7 Å². The third kappa shape index (κ3) is 1.59. The van der Waals surface area contributed by atoms with Crippen LogP contribution in [0.25, 0.3) is 0 Å². The Morgan fingerprint density at radius 2 is 2.04 bits per heavy atom. The topological polar surface area (TPSA) is 75.7 Å². The van der Waals surface area contributed by atoms with Crippen LogP contribution in [-0.2, 0) is 4.74 Å². The molecule has 24 heavy (non-hydrogen) atoms. The monoisotopic (exact) mass is 331 g/mol. The molecule has 2 heterocycles. The number of aliphatic hydroxyl groups excluding tert-OH is 2. The number of fused-ring (bicyclic) bond motifs is 1. The van der Waals surface area contributed by atoms with Crippen LogP contribution in [-0.4, -0.2) is 39.7 Å². The van der Waals surface area contributed by atoms with Crippen LogP contribution in [0, 0.1) is 17.3 Å². The van der Waals surface area contributed by atoms with Crippen molar-refractivity contribution in [3.8, 4) is 0 Å². The van der Waals surface area contributed by atoms with Crippen molar-refractivity contribution in [2.75, 3.05) is 0 Å². The average molecular weight is 331 g/mol. The number of allylic oxidation sites excluding steroid dienone is 1. The Bertz CT molecular complexity index is 657. The van der Waals surface area contributed by atoms with Crippen LogP contribution in [0.5, 0.6) is 0 Å². The minimum atomic E-state index is -0.901. The maximum Gasteiger partial charge on any atom is 0.105 e. The lowest BCUT2D eigenvalue weighted by molar-refractivity contribution is -0.157. The fourth-order valence-corrected chi connectivity index (χ4v) is 6.74. The Morgan fingerprint density at radius 3 is 2.83 bits per heavy atom. The van der Waals surface area contributed by atoms with E-state index in [4.69, 9.17) is 10.5 Å². The highest BCUT2D eigenvalue weighted by atomic mass is 16.5. The zero-order valence-corrected chi connectivity index (χ0v) is 14.7. The van der Waals surface area contributed by atoms with Crippen LogP contribution in [0.3, 0.4) is 0 Å². The van der Waals surface area contributed by atoms with Crippen LogP contribution in [0.1, 0.15) is 52.4 Å². The predicted octanol–water partition coefficient (Wildman–Crippen LogP) is 2.05. The molecule has 4 nitrogen and oxygen atoms in total.